The summed E-state index contributed by atoms with van der Waals surface area (Å²) in [7, 11) is 1.68. The number of hydrogen-bond acceptors (Lipinski definition) is 3. The molecule has 5 heteroatoms. The number of thiocarbonyl (C=S) groups is 1. The molecular weight excluding hydrogens is 308 g/mol. The zero-order valence-electron chi connectivity index (χ0n) is 13.8. The summed E-state index contributed by atoms with van der Waals surface area (Å²) in [5.74, 6) is 0.861. The molecule has 4 nitrogen and oxygen atoms in total. The number of rotatable bonds is 3. The van der Waals surface area contributed by atoms with Crippen molar-refractivity contribution in [3.63, 3.8) is 0 Å². The number of aryl methyl sites for hydroxylation is 1. The van der Waals surface area contributed by atoms with Crippen molar-refractivity contribution in [3.05, 3.63) is 47.3 Å². The molecule has 0 radical (unpaired) electrons. The Bertz CT molecular complexity index is 701. The molecule has 0 N–H and O–H groups in total. The summed E-state index contributed by atoms with van der Waals surface area (Å²) in [6.07, 6.45) is 0. The molecule has 1 fully saturated rings. The SMILES string of the molecule is COc1ccc(-n2c(C)cc(C(=S)N3CCOCC3)c2C)cc1. The molecule has 2 heterocycles. The first-order valence-corrected chi connectivity index (χ1v) is 8.23. The highest BCUT2D eigenvalue weighted by Gasteiger charge is 2.20. The second-order valence-electron chi connectivity index (χ2n) is 5.72. The fourth-order valence-electron chi connectivity index (χ4n) is 3.04. The number of methoxy groups -OCH3 is 1. The minimum absolute atomic E-state index is 0.747. The lowest BCUT2D eigenvalue weighted by molar-refractivity contribution is 0.0692. The van der Waals surface area contributed by atoms with Crippen LogP contribution in [0.3, 0.4) is 0 Å². The van der Waals surface area contributed by atoms with Gasteiger partial charge < -0.3 is 18.9 Å². The second kappa shape index (κ2) is 6.72. The predicted octanol–water partition coefficient (Wildman–Crippen LogP) is 3.11. The molecule has 2 aromatic rings. The molecule has 0 spiro atoms. The molecule has 0 bridgehead atoms. The Labute approximate surface area is 142 Å². The molecule has 1 aliphatic heterocycles. The van der Waals surface area contributed by atoms with Crippen molar-refractivity contribution in [2.24, 2.45) is 0 Å². The van der Waals surface area contributed by atoms with Crippen molar-refractivity contribution in [1.29, 1.82) is 0 Å². The topological polar surface area (TPSA) is 26.6 Å². The molecule has 3 rings (SSSR count). The average Bonchev–Trinajstić information content (AvgIpc) is 2.89. The van der Waals surface area contributed by atoms with E-state index in [-0.39, 0.29) is 0 Å². The van der Waals surface area contributed by atoms with E-state index in [4.69, 9.17) is 21.7 Å². The maximum atomic E-state index is 5.73. The van der Waals surface area contributed by atoms with Crippen LogP contribution in [-0.4, -0.2) is 47.9 Å². The van der Waals surface area contributed by atoms with Crippen molar-refractivity contribution in [2.75, 3.05) is 33.4 Å². The third kappa shape index (κ3) is 3.12. The van der Waals surface area contributed by atoms with Gasteiger partial charge in [0.1, 0.15) is 10.7 Å². The Hall–Kier alpha value is -1.85. The van der Waals surface area contributed by atoms with Crippen LogP contribution in [0.4, 0.5) is 0 Å². The van der Waals surface area contributed by atoms with Crippen LogP contribution in [0.1, 0.15) is 17.0 Å². The third-order valence-electron chi connectivity index (χ3n) is 4.29. The zero-order valence-corrected chi connectivity index (χ0v) is 14.7. The zero-order chi connectivity index (χ0) is 16.4. The van der Waals surface area contributed by atoms with Crippen molar-refractivity contribution in [1.82, 2.24) is 9.47 Å². The summed E-state index contributed by atoms with van der Waals surface area (Å²) in [4.78, 5) is 3.15. The maximum absolute atomic E-state index is 5.73. The van der Waals surface area contributed by atoms with Crippen LogP contribution in [0.15, 0.2) is 30.3 Å². The number of hydrogen-bond donors (Lipinski definition) is 0. The number of benzene rings is 1. The van der Waals surface area contributed by atoms with Crippen molar-refractivity contribution in [2.45, 2.75) is 13.8 Å². The Morgan fingerprint density at radius 2 is 1.78 bits per heavy atom. The van der Waals surface area contributed by atoms with Crippen LogP contribution < -0.4 is 4.74 Å². The minimum Gasteiger partial charge on any atom is -0.497 e. The normalized spacial score (nSPS) is 14.8. The number of morpholine rings is 1. The quantitative estimate of drug-likeness (QED) is 0.808. The van der Waals surface area contributed by atoms with Crippen LogP contribution in [0, 0.1) is 13.8 Å². The van der Waals surface area contributed by atoms with Crippen molar-refractivity contribution in [3.8, 4) is 11.4 Å². The van der Waals surface area contributed by atoms with Crippen LogP contribution >= 0.6 is 12.2 Å². The van der Waals surface area contributed by atoms with Crippen LogP contribution in [0.2, 0.25) is 0 Å². The molecule has 23 heavy (non-hydrogen) atoms. The van der Waals surface area contributed by atoms with Gasteiger partial charge in [-0.2, -0.15) is 0 Å². The molecule has 1 saturated heterocycles. The fourth-order valence-corrected chi connectivity index (χ4v) is 3.43. The Kier molecular flexibility index (Phi) is 4.68. The molecule has 0 aliphatic carbocycles. The van der Waals surface area contributed by atoms with Gasteiger partial charge in [0.25, 0.3) is 0 Å². The van der Waals surface area contributed by atoms with Gasteiger partial charge in [0.2, 0.25) is 0 Å². The smallest absolute Gasteiger partial charge is 0.119 e. The minimum atomic E-state index is 0.747. The van der Waals surface area contributed by atoms with E-state index in [0.717, 1.165) is 48.3 Å². The maximum Gasteiger partial charge on any atom is 0.119 e. The van der Waals surface area contributed by atoms with Gasteiger partial charge >= 0.3 is 0 Å². The Morgan fingerprint density at radius 1 is 1.13 bits per heavy atom. The molecule has 1 aromatic heterocycles. The van der Waals surface area contributed by atoms with Gasteiger partial charge in [-0.3, -0.25) is 0 Å². The van der Waals surface area contributed by atoms with Crippen LogP contribution in [0.5, 0.6) is 5.75 Å². The van der Waals surface area contributed by atoms with Crippen LogP contribution in [0.25, 0.3) is 5.69 Å². The Balaban J connectivity index is 1.93. The standard InChI is InChI=1S/C18H22N2O2S/c1-13-12-17(18(23)19-8-10-22-11-9-19)14(2)20(13)15-4-6-16(21-3)7-5-15/h4-7,12H,8-11H2,1-3H3. The summed E-state index contributed by atoms with van der Waals surface area (Å²) in [6, 6.07) is 10.3. The van der Waals surface area contributed by atoms with Crippen molar-refractivity contribution >= 4 is 17.2 Å². The van der Waals surface area contributed by atoms with Gasteiger partial charge in [-0.25, -0.2) is 0 Å². The molecule has 1 aromatic carbocycles. The summed E-state index contributed by atoms with van der Waals surface area (Å²) < 4.78 is 12.9. The lowest BCUT2D eigenvalue weighted by atomic mass is 10.2. The lowest BCUT2D eigenvalue weighted by Crippen LogP contribution is -2.40. The highest BCUT2D eigenvalue weighted by atomic mass is 32.1. The predicted molar refractivity (Wildman–Crippen MR) is 95.9 cm³/mol. The third-order valence-corrected chi connectivity index (χ3v) is 4.77. The van der Waals surface area contributed by atoms with Gasteiger partial charge in [0.15, 0.2) is 0 Å². The number of aromatic nitrogens is 1. The highest BCUT2D eigenvalue weighted by Crippen LogP contribution is 2.24. The first-order valence-electron chi connectivity index (χ1n) is 7.82. The van der Waals surface area contributed by atoms with Gasteiger partial charge in [0.05, 0.1) is 20.3 Å². The fraction of sp³-hybridized carbons (Fsp3) is 0.389. The van der Waals surface area contributed by atoms with Gasteiger partial charge in [-0.05, 0) is 44.2 Å². The van der Waals surface area contributed by atoms with E-state index < -0.39 is 0 Å². The van der Waals surface area contributed by atoms with Gasteiger partial charge in [-0.15, -0.1) is 0 Å². The molecule has 1 aliphatic rings. The molecular formula is C18H22N2O2S. The number of nitrogens with zero attached hydrogens (tertiary/aromatic N) is 2. The first-order chi connectivity index (χ1) is 11.1. The van der Waals surface area contributed by atoms with E-state index in [0.29, 0.717) is 0 Å². The second-order valence-corrected chi connectivity index (χ2v) is 6.11. The molecule has 0 unspecified atom stereocenters. The summed E-state index contributed by atoms with van der Waals surface area (Å²) >= 11 is 5.73. The van der Waals surface area contributed by atoms with E-state index >= 15 is 0 Å². The summed E-state index contributed by atoms with van der Waals surface area (Å²) in [6.45, 7) is 7.47. The largest absolute Gasteiger partial charge is 0.497 e. The molecule has 0 atom stereocenters. The monoisotopic (exact) mass is 330 g/mol. The van der Waals surface area contributed by atoms with Gasteiger partial charge in [-0.1, -0.05) is 12.2 Å². The van der Waals surface area contributed by atoms with Crippen LogP contribution in [-0.2, 0) is 4.74 Å². The number of ether oxygens (including phenoxy) is 2. The van der Waals surface area contributed by atoms with Gasteiger partial charge in [0, 0.05) is 35.7 Å². The summed E-state index contributed by atoms with van der Waals surface area (Å²) in [5.41, 5.74) is 4.61. The lowest BCUT2D eigenvalue weighted by Gasteiger charge is -2.29. The van der Waals surface area contributed by atoms with E-state index in [2.05, 4.69) is 41.5 Å². The van der Waals surface area contributed by atoms with E-state index in [1.54, 1.807) is 7.11 Å². The first kappa shape index (κ1) is 16.0. The molecule has 0 amide bonds. The van der Waals surface area contributed by atoms with E-state index in [9.17, 15) is 0 Å². The highest BCUT2D eigenvalue weighted by molar-refractivity contribution is 7.80. The van der Waals surface area contributed by atoms with E-state index in [1.807, 2.05) is 12.1 Å². The van der Waals surface area contributed by atoms with Crippen molar-refractivity contribution < 1.29 is 9.47 Å². The Morgan fingerprint density at radius 3 is 2.39 bits per heavy atom. The molecule has 0 saturated carbocycles. The summed E-state index contributed by atoms with van der Waals surface area (Å²) in [5, 5.41) is 0. The van der Waals surface area contributed by atoms with E-state index in [1.165, 1.54) is 11.4 Å². The molecule has 122 valence electrons. The average molecular weight is 330 g/mol.